The maximum Gasteiger partial charge on any atom is 0.344 e. The Balaban J connectivity index is 2.37. The van der Waals surface area contributed by atoms with Gasteiger partial charge >= 0.3 is 23.9 Å². The number of ether oxygens (including phenoxy) is 4. The SMILES string of the molecule is C=CC(=O)OCC(=O)OCCONC(=O)c1ccc(C)c(C(=O)NOCCOC(=O)COC(=O)C=C)c1. The van der Waals surface area contributed by atoms with Crippen LogP contribution in [-0.4, -0.2) is 75.3 Å². The molecule has 1 aromatic carbocycles. The fourth-order valence-corrected chi connectivity index (χ4v) is 2.21. The predicted molar refractivity (Wildman–Crippen MR) is 122 cm³/mol. The number of amides is 2. The van der Waals surface area contributed by atoms with E-state index < -0.39 is 48.9 Å². The van der Waals surface area contributed by atoms with Gasteiger partial charge in [0.15, 0.2) is 13.2 Å². The third-order valence-corrected chi connectivity index (χ3v) is 3.97. The van der Waals surface area contributed by atoms with Crippen molar-refractivity contribution in [2.24, 2.45) is 0 Å². The molecule has 0 bridgehead atoms. The number of carbonyl (C=O) groups is 6. The smallest absolute Gasteiger partial charge is 0.344 e. The third-order valence-electron chi connectivity index (χ3n) is 3.97. The van der Waals surface area contributed by atoms with Gasteiger partial charge in [0, 0.05) is 23.3 Å². The van der Waals surface area contributed by atoms with Gasteiger partial charge < -0.3 is 18.9 Å². The first-order valence-corrected chi connectivity index (χ1v) is 10.5. The molecule has 0 atom stereocenters. The van der Waals surface area contributed by atoms with Crippen molar-refractivity contribution in [1.82, 2.24) is 11.0 Å². The molecule has 0 aliphatic heterocycles. The van der Waals surface area contributed by atoms with Gasteiger partial charge in [-0.2, -0.15) is 0 Å². The monoisotopic (exact) mass is 522 g/mol. The van der Waals surface area contributed by atoms with Gasteiger partial charge in [-0.1, -0.05) is 19.2 Å². The fourth-order valence-electron chi connectivity index (χ4n) is 2.21. The molecule has 14 nitrogen and oxygen atoms in total. The molecule has 0 saturated carbocycles. The summed E-state index contributed by atoms with van der Waals surface area (Å²) in [7, 11) is 0. The largest absolute Gasteiger partial charge is 0.461 e. The molecule has 0 aromatic heterocycles. The Morgan fingerprint density at radius 1 is 0.730 bits per heavy atom. The Morgan fingerprint density at radius 3 is 1.70 bits per heavy atom. The molecule has 37 heavy (non-hydrogen) atoms. The molecule has 2 amide bonds. The molecule has 0 spiro atoms. The van der Waals surface area contributed by atoms with Crippen molar-refractivity contribution in [3.05, 3.63) is 60.2 Å². The second-order valence-electron chi connectivity index (χ2n) is 6.65. The summed E-state index contributed by atoms with van der Waals surface area (Å²) in [6.07, 6.45) is 1.79. The van der Waals surface area contributed by atoms with E-state index in [0.29, 0.717) is 5.56 Å². The average Bonchev–Trinajstić information content (AvgIpc) is 2.89. The lowest BCUT2D eigenvalue weighted by Crippen LogP contribution is -2.29. The van der Waals surface area contributed by atoms with Gasteiger partial charge in [-0.3, -0.25) is 19.3 Å². The number of esters is 4. The lowest BCUT2D eigenvalue weighted by molar-refractivity contribution is -0.157. The second-order valence-corrected chi connectivity index (χ2v) is 6.65. The second kappa shape index (κ2) is 17.0. The molecule has 0 saturated heterocycles. The van der Waals surface area contributed by atoms with Gasteiger partial charge in [0.2, 0.25) is 0 Å². The van der Waals surface area contributed by atoms with Crippen molar-refractivity contribution < 1.29 is 57.4 Å². The van der Waals surface area contributed by atoms with Crippen LogP contribution < -0.4 is 11.0 Å². The van der Waals surface area contributed by atoms with Crippen LogP contribution in [0.2, 0.25) is 0 Å². The zero-order valence-electron chi connectivity index (χ0n) is 19.9. The number of benzene rings is 1. The molecule has 0 heterocycles. The van der Waals surface area contributed by atoms with Crippen LogP contribution in [0.4, 0.5) is 0 Å². The van der Waals surface area contributed by atoms with E-state index >= 15 is 0 Å². The van der Waals surface area contributed by atoms with E-state index in [0.717, 1.165) is 12.2 Å². The van der Waals surface area contributed by atoms with Crippen LogP contribution in [0.1, 0.15) is 26.3 Å². The maximum absolute atomic E-state index is 12.4. The molecule has 1 rings (SSSR count). The summed E-state index contributed by atoms with van der Waals surface area (Å²) in [6, 6.07) is 4.29. The molecular weight excluding hydrogens is 496 g/mol. The Morgan fingerprint density at radius 2 is 1.22 bits per heavy atom. The summed E-state index contributed by atoms with van der Waals surface area (Å²) >= 11 is 0. The molecule has 2 N–H and O–H groups in total. The first-order valence-electron chi connectivity index (χ1n) is 10.5. The molecule has 200 valence electrons. The summed E-state index contributed by atoms with van der Waals surface area (Å²) in [5, 5.41) is 0. The van der Waals surface area contributed by atoms with Gasteiger partial charge in [-0.05, 0) is 24.6 Å². The topological polar surface area (TPSA) is 182 Å². The molecule has 0 radical (unpaired) electrons. The van der Waals surface area contributed by atoms with E-state index in [1.54, 1.807) is 6.92 Å². The van der Waals surface area contributed by atoms with Crippen LogP contribution in [0, 0.1) is 6.92 Å². The van der Waals surface area contributed by atoms with Gasteiger partial charge in [-0.15, -0.1) is 0 Å². The molecule has 14 heteroatoms. The van der Waals surface area contributed by atoms with E-state index in [2.05, 4.69) is 33.6 Å². The lowest BCUT2D eigenvalue weighted by Gasteiger charge is -2.11. The average molecular weight is 522 g/mol. The number of carbonyl (C=O) groups excluding carboxylic acids is 6. The summed E-state index contributed by atoms with van der Waals surface area (Å²) in [4.78, 5) is 78.9. The van der Waals surface area contributed by atoms with Crippen molar-refractivity contribution in [3.63, 3.8) is 0 Å². The zero-order chi connectivity index (χ0) is 27.6. The minimum atomic E-state index is -0.811. The molecule has 0 fully saturated rings. The van der Waals surface area contributed by atoms with Crippen LogP contribution in [0.15, 0.2) is 43.5 Å². The summed E-state index contributed by atoms with van der Waals surface area (Å²) in [6.45, 7) is 5.99. The Hall–Kier alpha value is -4.56. The highest BCUT2D eigenvalue weighted by Crippen LogP contribution is 2.11. The third kappa shape index (κ3) is 12.6. The van der Waals surface area contributed by atoms with Crippen molar-refractivity contribution in [1.29, 1.82) is 0 Å². The number of rotatable bonds is 16. The van der Waals surface area contributed by atoms with Crippen molar-refractivity contribution >= 4 is 35.7 Å². The summed E-state index contributed by atoms with van der Waals surface area (Å²) in [5.74, 6) is -4.51. The minimum Gasteiger partial charge on any atom is -0.461 e. The van der Waals surface area contributed by atoms with Gasteiger partial charge in [-0.25, -0.2) is 30.1 Å². The highest BCUT2D eigenvalue weighted by molar-refractivity contribution is 6.00. The van der Waals surface area contributed by atoms with Crippen molar-refractivity contribution in [3.8, 4) is 0 Å². The standard InChI is InChI=1S/C23H26N2O12/c1-4-18(26)34-13-20(28)32-8-10-36-24-22(30)16-7-6-15(3)17(12-16)23(31)25-37-11-9-33-21(29)14-35-19(27)5-2/h4-7,12H,1-2,8-11,13-14H2,3H3,(H,24,30)(H,25,31). The van der Waals surface area contributed by atoms with Crippen molar-refractivity contribution in [2.45, 2.75) is 6.92 Å². The van der Waals surface area contributed by atoms with Crippen LogP contribution in [-0.2, 0) is 47.8 Å². The predicted octanol–water partition coefficient (Wildman–Crippen LogP) is -0.137. The Labute approximate surface area is 211 Å². The Bertz CT molecular complexity index is 1020. The zero-order valence-corrected chi connectivity index (χ0v) is 19.9. The number of hydroxylamine groups is 2. The van der Waals surface area contributed by atoms with E-state index in [9.17, 15) is 28.8 Å². The quantitative estimate of drug-likeness (QED) is 0.0965. The lowest BCUT2D eigenvalue weighted by atomic mass is 10.0. The normalized spacial score (nSPS) is 9.86. The first kappa shape index (κ1) is 30.5. The van der Waals surface area contributed by atoms with Gasteiger partial charge in [0.1, 0.15) is 26.4 Å². The minimum absolute atomic E-state index is 0.0899. The van der Waals surface area contributed by atoms with Gasteiger partial charge in [0.05, 0.1) is 0 Å². The molecular formula is C23H26N2O12. The molecule has 0 aliphatic rings. The summed E-state index contributed by atoms with van der Waals surface area (Å²) < 4.78 is 18.5. The highest BCUT2D eigenvalue weighted by atomic mass is 16.7. The van der Waals surface area contributed by atoms with Gasteiger partial charge in [0.25, 0.3) is 11.8 Å². The number of hydrogen-bond donors (Lipinski definition) is 2. The fraction of sp³-hybridized carbons (Fsp3) is 0.304. The van der Waals surface area contributed by atoms with Crippen LogP contribution in [0.25, 0.3) is 0 Å². The number of nitrogens with one attached hydrogen (secondary N) is 2. The molecule has 0 aliphatic carbocycles. The number of hydrogen-bond acceptors (Lipinski definition) is 12. The van der Waals surface area contributed by atoms with Crippen molar-refractivity contribution in [2.75, 3.05) is 39.6 Å². The van der Waals surface area contributed by atoms with E-state index in [1.807, 2.05) is 0 Å². The maximum atomic E-state index is 12.4. The van der Waals surface area contributed by atoms with Crippen LogP contribution in [0.5, 0.6) is 0 Å². The molecule has 0 unspecified atom stereocenters. The number of aryl methyl sites for hydroxylation is 1. The Kier molecular flexibility index (Phi) is 14.0. The van der Waals surface area contributed by atoms with E-state index in [1.165, 1.54) is 18.2 Å². The van der Waals surface area contributed by atoms with Crippen LogP contribution >= 0.6 is 0 Å². The van der Waals surface area contributed by atoms with E-state index in [4.69, 9.17) is 19.1 Å². The highest BCUT2D eigenvalue weighted by Gasteiger charge is 2.14. The van der Waals surface area contributed by atoms with E-state index in [-0.39, 0.29) is 37.6 Å². The summed E-state index contributed by atoms with van der Waals surface area (Å²) in [5.41, 5.74) is 5.04. The first-order chi connectivity index (χ1) is 17.7. The molecule has 1 aromatic rings. The van der Waals surface area contributed by atoms with Crippen LogP contribution in [0.3, 0.4) is 0 Å².